The molecule has 92 valence electrons. The fourth-order valence-corrected chi connectivity index (χ4v) is 1.52. The monoisotopic (exact) mass is 229 g/mol. The van der Waals surface area contributed by atoms with Crippen molar-refractivity contribution in [2.45, 2.75) is 13.0 Å². The highest BCUT2D eigenvalue weighted by Gasteiger charge is 2.22. The molecule has 6 heteroatoms. The van der Waals surface area contributed by atoms with E-state index in [4.69, 9.17) is 0 Å². The summed E-state index contributed by atoms with van der Waals surface area (Å²) in [7, 11) is 3.33. The Morgan fingerprint density at radius 3 is 2.31 bits per heavy atom. The molecule has 0 saturated carbocycles. The standard InChI is InChI=1S/C10H19N3O3/c1-8(9(14)16-3)11-10(15)13-6-4-12(2)5-7-13/h8H,4-7H2,1-3H3,(H,11,15). The minimum atomic E-state index is -0.600. The number of urea groups is 1. The molecular weight excluding hydrogens is 210 g/mol. The number of rotatable bonds is 2. The van der Waals surface area contributed by atoms with Gasteiger partial charge in [0, 0.05) is 26.2 Å². The Bertz CT molecular complexity index is 262. The van der Waals surface area contributed by atoms with Crippen LogP contribution in [0.1, 0.15) is 6.92 Å². The average Bonchev–Trinajstić information content (AvgIpc) is 2.28. The first-order chi connectivity index (χ1) is 7.54. The summed E-state index contributed by atoms with van der Waals surface area (Å²) in [5.41, 5.74) is 0. The smallest absolute Gasteiger partial charge is 0.328 e. The SMILES string of the molecule is COC(=O)C(C)NC(=O)N1CCN(C)CC1. The van der Waals surface area contributed by atoms with Gasteiger partial charge in [-0.2, -0.15) is 0 Å². The molecule has 1 saturated heterocycles. The largest absolute Gasteiger partial charge is 0.467 e. The minimum Gasteiger partial charge on any atom is -0.467 e. The van der Waals surface area contributed by atoms with Crippen molar-refractivity contribution < 1.29 is 14.3 Å². The van der Waals surface area contributed by atoms with Gasteiger partial charge in [-0.25, -0.2) is 9.59 Å². The summed E-state index contributed by atoms with van der Waals surface area (Å²) in [4.78, 5) is 26.7. The Hall–Kier alpha value is -1.30. The number of likely N-dealkylation sites (N-methyl/N-ethyl adjacent to an activating group) is 1. The van der Waals surface area contributed by atoms with E-state index >= 15 is 0 Å². The summed E-state index contributed by atoms with van der Waals surface area (Å²) in [6.07, 6.45) is 0. The molecule has 0 radical (unpaired) electrons. The van der Waals surface area contributed by atoms with E-state index in [1.807, 2.05) is 7.05 Å². The molecule has 1 atom stereocenters. The van der Waals surface area contributed by atoms with E-state index in [0.29, 0.717) is 13.1 Å². The lowest BCUT2D eigenvalue weighted by molar-refractivity contribution is -0.142. The maximum absolute atomic E-state index is 11.7. The summed E-state index contributed by atoms with van der Waals surface area (Å²) in [5.74, 6) is -0.428. The highest BCUT2D eigenvalue weighted by atomic mass is 16.5. The maximum Gasteiger partial charge on any atom is 0.328 e. The van der Waals surface area contributed by atoms with Gasteiger partial charge in [-0.3, -0.25) is 0 Å². The molecule has 1 rings (SSSR count). The third-order valence-electron chi connectivity index (χ3n) is 2.69. The number of nitrogens with zero attached hydrogens (tertiary/aromatic N) is 2. The van der Waals surface area contributed by atoms with Crippen LogP contribution in [-0.4, -0.2) is 68.2 Å². The Labute approximate surface area is 95.5 Å². The molecule has 0 aliphatic carbocycles. The van der Waals surface area contributed by atoms with Gasteiger partial charge < -0.3 is 19.9 Å². The van der Waals surface area contributed by atoms with Gasteiger partial charge in [0.25, 0.3) is 0 Å². The van der Waals surface area contributed by atoms with Gasteiger partial charge in [0.1, 0.15) is 6.04 Å². The van der Waals surface area contributed by atoms with Crippen molar-refractivity contribution in [3.8, 4) is 0 Å². The van der Waals surface area contributed by atoms with Crippen LogP contribution in [0, 0.1) is 0 Å². The van der Waals surface area contributed by atoms with Crippen molar-refractivity contribution in [2.24, 2.45) is 0 Å². The van der Waals surface area contributed by atoms with Crippen LogP contribution in [0.2, 0.25) is 0 Å². The van der Waals surface area contributed by atoms with Gasteiger partial charge in [-0.05, 0) is 14.0 Å². The van der Waals surface area contributed by atoms with Gasteiger partial charge >= 0.3 is 12.0 Å². The van der Waals surface area contributed by atoms with Gasteiger partial charge in [0.2, 0.25) is 0 Å². The van der Waals surface area contributed by atoms with Crippen molar-refractivity contribution in [3.63, 3.8) is 0 Å². The quantitative estimate of drug-likeness (QED) is 0.649. The predicted molar refractivity (Wildman–Crippen MR) is 59.1 cm³/mol. The number of nitrogens with one attached hydrogen (secondary N) is 1. The number of hydrogen-bond acceptors (Lipinski definition) is 4. The zero-order valence-corrected chi connectivity index (χ0v) is 10.0. The van der Waals surface area contributed by atoms with E-state index in [0.717, 1.165) is 13.1 Å². The molecule has 0 bridgehead atoms. The Balaban J connectivity index is 2.37. The number of carbonyl (C=O) groups is 2. The molecule has 1 fully saturated rings. The molecule has 1 unspecified atom stereocenters. The van der Waals surface area contributed by atoms with Crippen LogP contribution in [0.25, 0.3) is 0 Å². The lowest BCUT2D eigenvalue weighted by atomic mass is 10.3. The second-order valence-electron chi connectivity index (χ2n) is 3.98. The number of piperazine rings is 1. The van der Waals surface area contributed by atoms with Crippen molar-refractivity contribution in [1.82, 2.24) is 15.1 Å². The van der Waals surface area contributed by atoms with Crippen molar-refractivity contribution in [2.75, 3.05) is 40.3 Å². The van der Waals surface area contributed by atoms with E-state index in [-0.39, 0.29) is 6.03 Å². The van der Waals surface area contributed by atoms with E-state index in [1.165, 1.54) is 7.11 Å². The number of methoxy groups -OCH3 is 1. The molecule has 6 nitrogen and oxygen atoms in total. The molecule has 0 aromatic carbocycles. The first-order valence-electron chi connectivity index (χ1n) is 5.36. The molecule has 1 aliphatic rings. The van der Waals surface area contributed by atoms with Crippen LogP contribution in [0.15, 0.2) is 0 Å². The highest BCUT2D eigenvalue weighted by molar-refractivity contribution is 5.83. The number of carbonyl (C=O) groups excluding carboxylic acids is 2. The van der Waals surface area contributed by atoms with E-state index in [1.54, 1.807) is 11.8 Å². The fourth-order valence-electron chi connectivity index (χ4n) is 1.52. The van der Waals surface area contributed by atoms with Crippen LogP contribution in [0.3, 0.4) is 0 Å². The Morgan fingerprint density at radius 2 is 1.81 bits per heavy atom. The third kappa shape index (κ3) is 3.37. The molecule has 0 aromatic rings. The highest BCUT2D eigenvalue weighted by Crippen LogP contribution is 2.00. The number of hydrogen-bond donors (Lipinski definition) is 1. The first kappa shape index (κ1) is 12.8. The lowest BCUT2D eigenvalue weighted by Crippen LogP contribution is -2.53. The lowest BCUT2D eigenvalue weighted by Gasteiger charge is -2.32. The molecule has 1 heterocycles. The third-order valence-corrected chi connectivity index (χ3v) is 2.69. The number of amides is 2. The molecule has 16 heavy (non-hydrogen) atoms. The van der Waals surface area contributed by atoms with Crippen LogP contribution in [0.5, 0.6) is 0 Å². The normalized spacial score (nSPS) is 19.1. The topological polar surface area (TPSA) is 61.9 Å². The van der Waals surface area contributed by atoms with Gasteiger partial charge in [-0.15, -0.1) is 0 Å². The maximum atomic E-state index is 11.7. The van der Waals surface area contributed by atoms with Gasteiger partial charge in [0.05, 0.1) is 7.11 Å². The Morgan fingerprint density at radius 1 is 1.25 bits per heavy atom. The first-order valence-corrected chi connectivity index (χ1v) is 5.36. The van der Waals surface area contributed by atoms with Crippen LogP contribution < -0.4 is 5.32 Å². The molecule has 1 aliphatic heterocycles. The number of esters is 1. The van der Waals surface area contributed by atoms with Gasteiger partial charge in [-0.1, -0.05) is 0 Å². The number of ether oxygens (including phenoxy) is 1. The molecule has 0 spiro atoms. The molecule has 2 amide bonds. The summed E-state index contributed by atoms with van der Waals surface area (Å²) in [6.45, 7) is 4.71. The second-order valence-corrected chi connectivity index (χ2v) is 3.98. The van der Waals surface area contributed by atoms with Crippen LogP contribution in [-0.2, 0) is 9.53 Å². The zero-order chi connectivity index (χ0) is 12.1. The van der Waals surface area contributed by atoms with Crippen LogP contribution >= 0.6 is 0 Å². The van der Waals surface area contributed by atoms with Crippen molar-refractivity contribution in [3.05, 3.63) is 0 Å². The average molecular weight is 229 g/mol. The van der Waals surface area contributed by atoms with Crippen molar-refractivity contribution in [1.29, 1.82) is 0 Å². The predicted octanol–water partition coefficient (Wildman–Crippen LogP) is -0.495. The van der Waals surface area contributed by atoms with E-state index in [2.05, 4.69) is 15.0 Å². The molecule has 1 N–H and O–H groups in total. The molecule has 0 aromatic heterocycles. The summed E-state index contributed by atoms with van der Waals surface area (Å²) in [5, 5.41) is 2.61. The van der Waals surface area contributed by atoms with E-state index < -0.39 is 12.0 Å². The summed E-state index contributed by atoms with van der Waals surface area (Å²) < 4.78 is 4.54. The van der Waals surface area contributed by atoms with Gasteiger partial charge in [0.15, 0.2) is 0 Å². The fraction of sp³-hybridized carbons (Fsp3) is 0.800. The minimum absolute atomic E-state index is 0.203. The summed E-state index contributed by atoms with van der Waals surface area (Å²) >= 11 is 0. The van der Waals surface area contributed by atoms with Crippen LogP contribution in [0.4, 0.5) is 4.79 Å². The zero-order valence-electron chi connectivity index (χ0n) is 10.0. The van der Waals surface area contributed by atoms with E-state index in [9.17, 15) is 9.59 Å². The molecular formula is C10H19N3O3. The summed E-state index contributed by atoms with van der Waals surface area (Å²) in [6, 6.07) is -0.803. The van der Waals surface area contributed by atoms with Crippen molar-refractivity contribution >= 4 is 12.0 Å². The second kappa shape index (κ2) is 5.69. The Kier molecular flexibility index (Phi) is 4.54.